The van der Waals surface area contributed by atoms with Gasteiger partial charge in [0.2, 0.25) is 0 Å². The number of piperazine rings is 1. The summed E-state index contributed by atoms with van der Waals surface area (Å²) in [7, 11) is 0. The molecule has 4 nitrogen and oxygen atoms in total. The molecule has 0 spiro atoms. The van der Waals surface area contributed by atoms with Crippen LogP contribution >= 0.6 is 0 Å². The van der Waals surface area contributed by atoms with Crippen molar-refractivity contribution in [3.63, 3.8) is 0 Å². The third-order valence-electron chi connectivity index (χ3n) is 5.08. The molecule has 0 amide bonds. The molecule has 1 aromatic rings. The fraction of sp³-hybridized carbons (Fsp3) is 0.706. The smallest absolute Gasteiger partial charge is 0.0717 e. The Balaban J connectivity index is 1.28. The molecule has 1 saturated carbocycles. The quantitative estimate of drug-likeness (QED) is 0.825. The lowest BCUT2D eigenvalue weighted by Gasteiger charge is -2.37. The summed E-state index contributed by atoms with van der Waals surface area (Å²) < 4.78 is 6.10. The molecule has 4 heteroatoms. The molecule has 0 unspecified atom stereocenters. The van der Waals surface area contributed by atoms with Crippen LogP contribution in [0, 0.1) is 5.92 Å². The second kappa shape index (κ2) is 6.03. The minimum atomic E-state index is 0.483. The predicted octanol–water partition coefficient (Wildman–Crippen LogP) is 1.77. The standard InChI is InChI=1S/C17H25N3O/c1-2-15(1)13-21-17-9-16-11-19(7-8-20(16)12-17)10-14-3-5-18-6-4-14/h3-6,15-17H,1-2,7-13H2/t16-,17-/m0/s1. The molecule has 3 aliphatic rings. The summed E-state index contributed by atoms with van der Waals surface area (Å²) in [4.78, 5) is 9.32. The van der Waals surface area contributed by atoms with E-state index in [0.717, 1.165) is 25.6 Å². The predicted molar refractivity (Wildman–Crippen MR) is 82.0 cm³/mol. The van der Waals surface area contributed by atoms with Crippen LogP contribution in [0.25, 0.3) is 0 Å². The molecule has 3 heterocycles. The van der Waals surface area contributed by atoms with Crippen molar-refractivity contribution in [3.8, 4) is 0 Å². The van der Waals surface area contributed by atoms with Gasteiger partial charge in [-0.2, -0.15) is 0 Å². The zero-order chi connectivity index (χ0) is 14.1. The van der Waals surface area contributed by atoms with Crippen molar-refractivity contribution < 1.29 is 4.74 Å². The number of nitrogens with zero attached hydrogens (tertiary/aromatic N) is 3. The first-order valence-corrected chi connectivity index (χ1v) is 8.34. The Morgan fingerprint density at radius 2 is 2.00 bits per heavy atom. The van der Waals surface area contributed by atoms with Crippen molar-refractivity contribution in [2.24, 2.45) is 5.92 Å². The zero-order valence-corrected chi connectivity index (χ0v) is 12.7. The lowest BCUT2D eigenvalue weighted by atomic mass is 10.1. The van der Waals surface area contributed by atoms with E-state index >= 15 is 0 Å². The Morgan fingerprint density at radius 1 is 1.14 bits per heavy atom. The second-order valence-corrected chi connectivity index (χ2v) is 6.87. The Bertz CT molecular complexity index is 462. The van der Waals surface area contributed by atoms with Gasteiger partial charge in [-0.1, -0.05) is 0 Å². The molecule has 2 aliphatic heterocycles. The van der Waals surface area contributed by atoms with E-state index in [1.807, 2.05) is 12.4 Å². The number of rotatable bonds is 5. The summed E-state index contributed by atoms with van der Waals surface area (Å²) in [5.74, 6) is 0.880. The van der Waals surface area contributed by atoms with E-state index in [9.17, 15) is 0 Å². The molecule has 2 atom stereocenters. The highest BCUT2D eigenvalue weighted by Gasteiger charge is 2.37. The van der Waals surface area contributed by atoms with E-state index in [1.165, 1.54) is 44.5 Å². The first kappa shape index (κ1) is 13.7. The zero-order valence-electron chi connectivity index (χ0n) is 12.7. The molecule has 2 saturated heterocycles. The van der Waals surface area contributed by atoms with E-state index in [1.54, 1.807) is 0 Å². The third-order valence-corrected chi connectivity index (χ3v) is 5.08. The fourth-order valence-corrected chi connectivity index (χ4v) is 3.63. The largest absolute Gasteiger partial charge is 0.377 e. The van der Waals surface area contributed by atoms with Gasteiger partial charge in [0.05, 0.1) is 6.10 Å². The van der Waals surface area contributed by atoms with E-state index in [4.69, 9.17) is 4.74 Å². The van der Waals surface area contributed by atoms with Crippen LogP contribution in [0.5, 0.6) is 0 Å². The van der Waals surface area contributed by atoms with Gasteiger partial charge in [0.25, 0.3) is 0 Å². The number of hydrogen-bond donors (Lipinski definition) is 0. The number of pyridine rings is 1. The van der Waals surface area contributed by atoms with Gasteiger partial charge in [-0.15, -0.1) is 0 Å². The van der Waals surface area contributed by atoms with Crippen LogP contribution in [0.2, 0.25) is 0 Å². The minimum absolute atomic E-state index is 0.483. The molecule has 0 N–H and O–H groups in total. The average Bonchev–Trinajstić information content (AvgIpc) is 3.25. The number of fused-ring (bicyclic) bond motifs is 1. The molecular formula is C17H25N3O. The van der Waals surface area contributed by atoms with Gasteiger partial charge in [0, 0.05) is 57.8 Å². The van der Waals surface area contributed by atoms with Gasteiger partial charge in [-0.25, -0.2) is 0 Å². The van der Waals surface area contributed by atoms with Crippen molar-refractivity contribution in [3.05, 3.63) is 30.1 Å². The number of aromatic nitrogens is 1. The second-order valence-electron chi connectivity index (χ2n) is 6.87. The first-order chi connectivity index (χ1) is 10.4. The maximum atomic E-state index is 6.10. The van der Waals surface area contributed by atoms with Crippen molar-refractivity contribution in [1.29, 1.82) is 0 Å². The molecule has 0 bridgehead atoms. The number of ether oxygens (including phenoxy) is 1. The summed E-state index contributed by atoms with van der Waals surface area (Å²) in [6.07, 6.45) is 8.27. The third kappa shape index (κ3) is 3.44. The van der Waals surface area contributed by atoms with Crippen LogP contribution in [0.3, 0.4) is 0 Å². The van der Waals surface area contributed by atoms with Crippen LogP contribution in [0.15, 0.2) is 24.5 Å². The molecule has 0 aromatic carbocycles. The van der Waals surface area contributed by atoms with Gasteiger partial charge < -0.3 is 4.74 Å². The molecular weight excluding hydrogens is 262 g/mol. The molecule has 1 aliphatic carbocycles. The van der Waals surface area contributed by atoms with Gasteiger partial charge in [-0.3, -0.25) is 14.8 Å². The van der Waals surface area contributed by atoms with E-state index < -0.39 is 0 Å². The minimum Gasteiger partial charge on any atom is -0.377 e. The highest BCUT2D eigenvalue weighted by atomic mass is 16.5. The SMILES string of the molecule is c1cc(CN2CCN3C[C@@H](OCC4CC4)C[C@H]3C2)ccn1. The van der Waals surface area contributed by atoms with Crippen molar-refractivity contribution in [2.45, 2.75) is 38.0 Å². The molecule has 4 rings (SSSR count). The maximum absolute atomic E-state index is 6.10. The van der Waals surface area contributed by atoms with Gasteiger partial charge in [0.15, 0.2) is 0 Å². The summed E-state index contributed by atoms with van der Waals surface area (Å²) in [5, 5.41) is 0. The van der Waals surface area contributed by atoms with Gasteiger partial charge in [0.1, 0.15) is 0 Å². The lowest BCUT2D eigenvalue weighted by Crippen LogP contribution is -2.49. The topological polar surface area (TPSA) is 28.6 Å². The molecule has 1 aromatic heterocycles. The lowest BCUT2D eigenvalue weighted by molar-refractivity contribution is 0.0508. The van der Waals surface area contributed by atoms with Crippen molar-refractivity contribution in [2.75, 3.05) is 32.8 Å². The first-order valence-electron chi connectivity index (χ1n) is 8.34. The fourth-order valence-electron chi connectivity index (χ4n) is 3.63. The van der Waals surface area contributed by atoms with E-state index in [0.29, 0.717) is 12.1 Å². The molecule has 3 fully saturated rings. The van der Waals surface area contributed by atoms with Gasteiger partial charge in [-0.05, 0) is 42.9 Å². The summed E-state index contributed by atoms with van der Waals surface area (Å²) in [5.41, 5.74) is 1.37. The Kier molecular flexibility index (Phi) is 3.93. The maximum Gasteiger partial charge on any atom is 0.0717 e. The van der Waals surface area contributed by atoms with Crippen LogP contribution in [0.1, 0.15) is 24.8 Å². The summed E-state index contributed by atoms with van der Waals surface area (Å²) >= 11 is 0. The number of hydrogen-bond acceptors (Lipinski definition) is 4. The summed E-state index contributed by atoms with van der Waals surface area (Å²) in [6.45, 7) is 6.77. The van der Waals surface area contributed by atoms with Crippen LogP contribution in [-0.4, -0.2) is 59.7 Å². The van der Waals surface area contributed by atoms with Crippen molar-refractivity contribution >= 4 is 0 Å². The van der Waals surface area contributed by atoms with Gasteiger partial charge >= 0.3 is 0 Å². The molecule has 114 valence electrons. The average molecular weight is 287 g/mol. The van der Waals surface area contributed by atoms with Crippen LogP contribution in [-0.2, 0) is 11.3 Å². The monoisotopic (exact) mass is 287 g/mol. The highest BCUT2D eigenvalue weighted by molar-refractivity contribution is 5.10. The Morgan fingerprint density at radius 3 is 2.81 bits per heavy atom. The van der Waals surface area contributed by atoms with Crippen LogP contribution in [0.4, 0.5) is 0 Å². The Labute approximate surface area is 127 Å². The highest BCUT2D eigenvalue weighted by Crippen LogP contribution is 2.31. The van der Waals surface area contributed by atoms with Crippen LogP contribution < -0.4 is 0 Å². The van der Waals surface area contributed by atoms with E-state index in [-0.39, 0.29) is 0 Å². The normalized spacial score (nSPS) is 30.5. The Hall–Kier alpha value is -0.970. The van der Waals surface area contributed by atoms with Crippen molar-refractivity contribution in [1.82, 2.24) is 14.8 Å². The van der Waals surface area contributed by atoms with E-state index in [2.05, 4.69) is 26.9 Å². The molecule has 21 heavy (non-hydrogen) atoms. The molecule has 0 radical (unpaired) electrons. The summed E-state index contributed by atoms with van der Waals surface area (Å²) in [6, 6.07) is 4.95.